The Balaban J connectivity index is 1.92. The minimum Gasteiger partial charge on any atom is -0.398 e. The molecule has 100 valence electrons. The molecular weight excluding hydrogens is 292 g/mol. The molecule has 0 aromatic heterocycles. The Bertz CT molecular complexity index is 415. The molecule has 0 amide bonds. The standard InChI is InChI=1S/C14H21BrN2O/c1-9-6-14(12(15)7-13(9)16)17-8-10-2-4-11(18)5-3-10/h6-7,10-11,17-18H,2-5,8,16H2,1H3. The van der Waals surface area contributed by atoms with Crippen LogP contribution in [0.25, 0.3) is 0 Å². The average Bonchev–Trinajstić information content (AvgIpc) is 2.34. The van der Waals surface area contributed by atoms with E-state index in [0.717, 1.165) is 53.6 Å². The summed E-state index contributed by atoms with van der Waals surface area (Å²) in [5, 5.41) is 13.0. The number of aliphatic hydroxyl groups is 1. The van der Waals surface area contributed by atoms with Gasteiger partial charge < -0.3 is 16.2 Å². The molecule has 1 aliphatic rings. The molecule has 0 saturated heterocycles. The molecule has 0 atom stereocenters. The van der Waals surface area contributed by atoms with E-state index in [4.69, 9.17) is 5.73 Å². The van der Waals surface area contributed by atoms with Gasteiger partial charge in [0.25, 0.3) is 0 Å². The lowest BCUT2D eigenvalue weighted by Crippen LogP contribution is -2.23. The number of benzene rings is 1. The lowest BCUT2D eigenvalue weighted by molar-refractivity contribution is 0.111. The highest BCUT2D eigenvalue weighted by Crippen LogP contribution is 2.29. The van der Waals surface area contributed by atoms with Gasteiger partial charge in [0, 0.05) is 22.4 Å². The van der Waals surface area contributed by atoms with Crippen molar-refractivity contribution in [3.05, 3.63) is 22.2 Å². The summed E-state index contributed by atoms with van der Waals surface area (Å²) in [5.41, 5.74) is 8.87. The van der Waals surface area contributed by atoms with Crippen molar-refractivity contribution in [2.24, 2.45) is 5.92 Å². The number of nitrogens with two attached hydrogens (primary N) is 1. The van der Waals surface area contributed by atoms with Gasteiger partial charge in [-0.15, -0.1) is 0 Å². The first-order chi connectivity index (χ1) is 8.56. The van der Waals surface area contributed by atoms with E-state index in [0.29, 0.717) is 5.92 Å². The van der Waals surface area contributed by atoms with E-state index < -0.39 is 0 Å². The number of hydrogen-bond donors (Lipinski definition) is 3. The molecule has 2 rings (SSSR count). The predicted molar refractivity (Wildman–Crippen MR) is 79.7 cm³/mol. The van der Waals surface area contributed by atoms with Crippen LogP contribution in [0.2, 0.25) is 0 Å². The Labute approximate surface area is 117 Å². The molecule has 3 nitrogen and oxygen atoms in total. The Morgan fingerprint density at radius 2 is 2.00 bits per heavy atom. The van der Waals surface area contributed by atoms with Crippen LogP contribution in [-0.4, -0.2) is 17.8 Å². The first kappa shape index (κ1) is 13.7. The van der Waals surface area contributed by atoms with Crippen molar-refractivity contribution in [2.45, 2.75) is 38.7 Å². The second-order valence-corrected chi connectivity index (χ2v) is 6.10. The lowest BCUT2D eigenvalue weighted by atomic mass is 9.87. The molecule has 4 N–H and O–H groups in total. The summed E-state index contributed by atoms with van der Waals surface area (Å²) in [7, 11) is 0. The minimum absolute atomic E-state index is 0.0771. The second-order valence-electron chi connectivity index (χ2n) is 5.24. The van der Waals surface area contributed by atoms with Crippen molar-refractivity contribution < 1.29 is 5.11 Å². The number of aliphatic hydroxyl groups excluding tert-OH is 1. The third-order valence-electron chi connectivity index (χ3n) is 3.75. The molecule has 0 heterocycles. The third kappa shape index (κ3) is 3.39. The Morgan fingerprint density at radius 1 is 1.33 bits per heavy atom. The molecule has 1 fully saturated rings. The van der Waals surface area contributed by atoms with Crippen LogP contribution in [0.4, 0.5) is 11.4 Å². The summed E-state index contributed by atoms with van der Waals surface area (Å²) in [6, 6.07) is 4.03. The summed E-state index contributed by atoms with van der Waals surface area (Å²) in [6.45, 7) is 2.98. The molecule has 1 saturated carbocycles. The maximum Gasteiger partial charge on any atom is 0.0540 e. The summed E-state index contributed by atoms with van der Waals surface area (Å²) in [6.07, 6.45) is 4.02. The molecule has 4 heteroatoms. The average molecular weight is 313 g/mol. The van der Waals surface area contributed by atoms with Crippen molar-refractivity contribution >= 4 is 27.3 Å². The maximum absolute atomic E-state index is 9.48. The highest BCUT2D eigenvalue weighted by Gasteiger charge is 2.19. The van der Waals surface area contributed by atoms with Crippen LogP contribution in [0.15, 0.2) is 16.6 Å². The van der Waals surface area contributed by atoms with Gasteiger partial charge in [0.2, 0.25) is 0 Å². The van der Waals surface area contributed by atoms with Crippen molar-refractivity contribution in [1.82, 2.24) is 0 Å². The summed E-state index contributed by atoms with van der Waals surface area (Å²) in [5.74, 6) is 0.665. The van der Waals surface area contributed by atoms with E-state index >= 15 is 0 Å². The van der Waals surface area contributed by atoms with Crippen molar-refractivity contribution in [3.8, 4) is 0 Å². The van der Waals surface area contributed by atoms with E-state index in [1.54, 1.807) is 0 Å². The normalized spacial score (nSPS) is 23.9. The Morgan fingerprint density at radius 3 is 2.67 bits per heavy atom. The molecule has 0 aliphatic heterocycles. The molecule has 1 aliphatic carbocycles. The number of anilines is 2. The van der Waals surface area contributed by atoms with Gasteiger partial charge in [-0.25, -0.2) is 0 Å². The summed E-state index contributed by atoms with van der Waals surface area (Å²) < 4.78 is 1.02. The van der Waals surface area contributed by atoms with Crippen LogP contribution in [-0.2, 0) is 0 Å². The van der Waals surface area contributed by atoms with Crippen molar-refractivity contribution in [3.63, 3.8) is 0 Å². The van der Waals surface area contributed by atoms with E-state index in [-0.39, 0.29) is 6.10 Å². The number of nitrogens with one attached hydrogen (secondary N) is 1. The van der Waals surface area contributed by atoms with Gasteiger partial charge in [-0.1, -0.05) is 0 Å². The first-order valence-electron chi connectivity index (χ1n) is 6.54. The largest absolute Gasteiger partial charge is 0.398 e. The fourth-order valence-electron chi connectivity index (χ4n) is 2.44. The molecule has 18 heavy (non-hydrogen) atoms. The van der Waals surface area contributed by atoms with E-state index in [2.05, 4.69) is 27.3 Å². The second kappa shape index (κ2) is 5.93. The Hall–Kier alpha value is -0.740. The van der Waals surface area contributed by atoms with Gasteiger partial charge >= 0.3 is 0 Å². The van der Waals surface area contributed by atoms with Crippen LogP contribution >= 0.6 is 15.9 Å². The zero-order chi connectivity index (χ0) is 13.1. The number of hydrogen-bond acceptors (Lipinski definition) is 3. The number of aryl methyl sites for hydroxylation is 1. The topological polar surface area (TPSA) is 58.3 Å². The minimum atomic E-state index is -0.0771. The van der Waals surface area contributed by atoms with Gasteiger partial charge in [0.1, 0.15) is 0 Å². The van der Waals surface area contributed by atoms with Crippen LogP contribution in [0.3, 0.4) is 0 Å². The van der Waals surface area contributed by atoms with Gasteiger partial charge in [0.15, 0.2) is 0 Å². The van der Waals surface area contributed by atoms with Gasteiger partial charge in [-0.2, -0.15) is 0 Å². The maximum atomic E-state index is 9.48. The van der Waals surface area contributed by atoms with Gasteiger partial charge in [0.05, 0.1) is 6.10 Å². The molecule has 1 aromatic rings. The smallest absolute Gasteiger partial charge is 0.0540 e. The highest BCUT2D eigenvalue weighted by molar-refractivity contribution is 9.10. The van der Waals surface area contributed by atoms with Crippen molar-refractivity contribution in [1.29, 1.82) is 0 Å². The van der Waals surface area contributed by atoms with Crippen molar-refractivity contribution in [2.75, 3.05) is 17.6 Å². The first-order valence-corrected chi connectivity index (χ1v) is 7.33. The number of halogens is 1. The molecule has 0 unspecified atom stereocenters. The van der Waals surface area contributed by atoms with E-state index in [9.17, 15) is 5.11 Å². The Kier molecular flexibility index (Phi) is 4.51. The number of nitrogen functional groups attached to an aromatic ring is 1. The molecular formula is C14H21BrN2O. The summed E-state index contributed by atoms with van der Waals surface area (Å²) >= 11 is 3.53. The van der Waals surface area contributed by atoms with Gasteiger partial charge in [-0.3, -0.25) is 0 Å². The predicted octanol–water partition coefficient (Wildman–Crippen LogP) is 3.30. The molecule has 1 aromatic carbocycles. The quantitative estimate of drug-likeness (QED) is 0.751. The zero-order valence-electron chi connectivity index (χ0n) is 10.7. The lowest BCUT2D eigenvalue weighted by Gasteiger charge is -2.26. The molecule has 0 bridgehead atoms. The summed E-state index contributed by atoms with van der Waals surface area (Å²) in [4.78, 5) is 0. The fourth-order valence-corrected chi connectivity index (χ4v) is 2.94. The van der Waals surface area contributed by atoms with Crippen LogP contribution in [0.5, 0.6) is 0 Å². The zero-order valence-corrected chi connectivity index (χ0v) is 12.3. The van der Waals surface area contributed by atoms with Crippen LogP contribution in [0, 0.1) is 12.8 Å². The van der Waals surface area contributed by atoms with Gasteiger partial charge in [-0.05, 0) is 72.2 Å². The fraction of sp³-hybridized carbons (Fsp3) is 0.571. The third-order valence-corrected chi connectivity index (χ3v) is 4.41. The monoisotopic (exact) mass is 312 g/mol. The van der Waals surface area contributed by atoms with Crippen LogP contribution in [0.1, 0.15) is 31.2 Å². The van der Waals surface area contributed by atoms with Crippen LogP contribution < -0.4 is 11.1 Å². The van der Waals surface area contributed by atoms with E-state index in [1.165, 1.54) is 0 Å². The number of rotatable bonds is 3. The molecule has 0 spiro atoms. The molecule has 0 radical (unpaired) electrons. The van der Waals surface area contributed by atoms with E-state index in [1.807, 2.05) is 13.0 Å². The highest BCUT2D eigenvalue weighted by atomic mass is 79.9. The SMILES string of the molecule is Cc1cc(NCC2CCC(O)CC2)c(Br)cc1N.